The molecule has 76 valence electrons. The number of alkyl halides is 1. The number of rotatable bonds is 2. The monoisotopic (exact) mass is 194 g/mol. The minimum Gasteiger partial charge on any atom is -0.396 e. The van der Waals surface area contributed by atoms with Crippen LogP contribution in [-0.2, 0) is 5.67 Å². The van der Waals surface area contributed by atoms with Crippen molar-refractivity contribution in [1.29, 1.82) is 0 Å². The second kappa shape index (κ2) is 3.06. The molecule has 0 radical (unpaired) electrons. The summed E-state index contributed by atoms with van der Waals surface area (Å²) in [5.74, 6) is 0. The zero-order valence-corrected chi connectivity index (χ0v) is 8.33. The summed E-state index contributed by atoms with van der Waals surface area (Å²) >= 11 is 0. The fraction of sp³-hybridized carbons (Fsp3) is 0.500. The van der Waals surface area contributed by atoms with Crippen LogP contribution in [0, 0.1) is 5.41 Å². The first-order valence-electron chi connectivity index (χ1n) is 4.98. The van der Waals surface area contributed by atoms with Gasteiger partial charge in [-0.3, -0.25) is 0 Å². The Morgan fingerprint density at radius 1 is 1.29 bits per heavy atom. The Morgan fingerprint density at radius 2 is 1.93 bits per heavy atom. The van der Waals surface area contributed by atoms with Gasteiger partial charge >= 0.3 is 0 Å². The zero-order chi connectivity index (χ0) is 10.2. The molecule has 1 fully saturated rings. The maximum absolute atomic E-state index is 14.5. The van der Waals surface area contributed by atoms with E-state index in [4.69, 9.17) is 0 Å². The van der Waals surface area contributed by atoms with Crippen LogP contribution in [0.3, 0.4) is 0 Å². The van der Waals surface area contributed by atoms with Gasteiger partial charge in [0, 0.05) is 5.41 Å². The lowest BCUT2D eigenvalue weighted by atomic mass is 9.57. The van der Waals surface area contributed by atoms with Crippen LogP contribution in [0.25, 0.3) is 0 Å². The van der Waals surface area contributed by atoms with Crippen LogP contribution in [0.4, 0.5) is 4.39 Å². The minimum absolute atomic E-state index is 0.0849. The van der Waals surface area contributed by atoms with Gasteiger partial charge in [0.1, 0.15) is 5.67 Å². The summed E-state index contributed by atoms with van der Waals surface area (Å²) in [7, 11) is 0. The molecule has 1 aromatic rings. The van der Waals surface area contributed by atoms with Crippen LogP contribution in [0.2, 0.25) is 0 Å². The summed E-state index contributed by atoms with van der Waals surface area (Å²) in [6.45, 7) is 1.72. The Hall–Kier alpha value is -0.890. The first-order valence-corrected chi connectivity index (χ1v) is 4.98. The van der Waals surface area contributed by atoms with E-state index in [0.717, 1.165) is 6.42 Å². The van der Waals surface area contributed by atoms with E-state index in [9.17, 15) is 9.50 Å². The molecule has 14 heavy (non-hydrogen) atoms. The lowest BCUT2D eigenvalue weighted by Gasteiger charge is -2.51. The number of hydrogen-bond donors (Lipinski definition) is 1. The van der Waals surface area contributed by atoms with E-state index >= 15 is 0 Å². The van der Waals surface area contributed by atoms with Crippen molar-refractivity contribution in [1.82, 2.24) is 0 Å². The predicted octanol–water partition coefficient (Wildman–Crippen LogP) is 2.64. The highest BCUT2D eigenvalue weighted by Gasteiger charge is 2.57. The summed E-state index contributed by atoms with van der Waals surface area (Å²) in [6.07, 6.45) is 1.28. The molecular formula is C12H15FO. The first-order chi connectivity index (χ1) is 6.62. The summed E-state index contributed by atoms with van der Waals surface area (Å²) in [4.78, 5) is 0. The molecule has 1 nitrogen and oxygen atoms in total. The summed E-state index contributed by atoms with van der Waals surface area (Å²) in [6, 6.07) is 9.15. The number of benzene rings is 1. The molecule has 0 aromatic heterocycles. The second-order valence-corrected chi connectivity index (χ2v) is 4.39. The van der Waals surface area contributed by atoms with Gasteiger partial charge in [0.2, 0.25) is 0 Å². The number of hydrogen-bond acceptors (Lipinski definition) is 1. The third-order valence-electron chi connectivity index (χ3n) is 3.56. The van der Waals surface area contributed by atoms with Crippen molar-refractivity contribution >= 4 is 0 Å². The lowest BCUT2D eigenvalue weighted by molar-refractivity contribution is -0.128. The Balaban J connectivity index is 2.35. The standard InChI is InChI=1S/C12H15FO/c1-11(9-14)7-8-12(11,13)10-5-3-2-4-6-10/h2-6,14H,7-9H2,1H3/t11-,12+/m0/s1. The first kappa shape index (κ1) is 9.66. The van der Waals surface area contributed by atoms with E-state index in [1.165, 1.54) is 0 Å². The van der Waals surface area contributed by atoms with Crippen molar-refractivity contribution < 1.29 is 9.50 Å². The molecular weight excluding hydrogens is 179 g/mol. The smallest absolute Gasteiger partial charge is 0.143 e. The van der Waals surface area contributed by atoms with E-state index in [1.807, 2.05) is 25.1 Å². The van der Waals surface area contributed by atoms with Crippen molar-refractivity contribution in [2.24, 2.45) is 5.41 Å². The fourth-order valence-corrected chi connectivity index (χ4v) is 2.17. The number of aliphatic hydroxyl groups excluding tert-OH is 1. The van der Waals surface area contributed by atoms with Gasteiger partial charge in [-0.15, -0.1) is 0 Å². The maximum Gasteiger partial charge on any atom is 0.143 e. The summed E-state index contributed by atoms with van der Waals surface area (Å²) in [5.41, 5.74) is -1.22. The van der Waals surface area contributed by atoms with E-state index in [2.05, 4.69) is 0 Å². The van der Waals surface area contributed by atoms with Crippen LogP contribution in [-0.4, -0.2) is 11.7 Å². The van der Waals surface area contributed by atoms with Gasteiger partial charge in [-0.1, -0.05) is 37.3 Å². The SMILES string of the molecule is C[C@@]1(CO)CC[C@@]1(F)c1ccccc1. The van der Waals surface area contributed by atoms with Gasteiger partial charge in [-0.2, -0.15) is 0 Å². The fourth-order valence-electron chi connectivity index (χ4n) is 2.17. The minimum atomic E-state index is -1.33. The van der Waals surface area contributed by atoms with Crippen LogP contribution < -0.4 is 0 Å². The highest BCUT2D eigenvalue weighted by atomic mass is 19.1. The average Bonchev–Trinajstić information content (AvgIpc) is 2.26. The second-order valence-electron chi connectivity index (χ2n) is 4.39. The van der Waals surface area contributed by atoms with Crippen molar-refractivity contribution in [3.63, 3.8) is 0 Å². The van der Waals surface area contributed by atoms with Crippen molar-refractivity contribution in [2.45, 2.75) is 25.4 Å². The molecule has 2 rings (SSSR count). The molecule has 0 aliphatic heterocycles. The van der Waals surface area contributed by atoms with Gasteiger partial charge in [0.15, 0.2) is 0 Å². The molecule has 0 saturated heterocycles. The van der Waals surface area contributed by atoms with Gasteiger partial charge in [0.25, 0.3) is 0 Å². The van der Waals surface area contributed by atoms with E-state index in [-0.39, 0.29) is 6.61 Å². The summed E-state index contributed by atoms with van der Waals surface area (Å²) in [5, 5.41) is 9.20. The van der Waals surface area contributed by atoms with Gasteiger partial charge in [-0.25, -0.2) is 4.39 Å². The highest BCUT2D eigenvalue weighted by Crippen LogP contribution is 2.58. The maximum atomic E-state index is 14.5. The van der Waals surface area contributed by atoms with E-state index in [1.54, 1.807) is 12.1 Å². The Kier molecular flexibility index (Phi) is 2.11. The van der Waals surface area contributed by atoms with Crippen molar-refractivity contribution in [3.8, 4) is 0 Å². The largest absolute Gasteiger partial charge is 0.396 e. The molecule has 1 aliphatic carbocycles. The molecule has 2 heteroatoms. The molecule has 1 saturated carbocycles. The van der Waals surface area contributed by atoms with Crippen LogP contribution >= 0.6 is 0 Å². The highest BCUT2D eigenvalue weighted by molar-refractivity contribution is 5.28. The molecule has 0 heterocycles. The molecule has 2 atom stereocenters. The topological polar surface area (TPSA) is 20.2 Å². The van der Waals surface area contributed by atoms with Crippen molar-refractivity contribution in [3.05, 3.63) is 35.9 Å². The predicted molar refractivity (Wildman–Crippen MR) is 53.7 cm³/mol. The third kappa shape index (κ3) is 1.10. The zero-order valence-electron chi connectivity index (χ0n) is 8.33. The third-order valence-corrected chi connectivity index (χ3v) is 3.56. The lowest BCUT2D eigenvalue weighted by Crippen LogP contribution is -2.51. The van der Waals surface area contributed by atoms with Crippen LogP contribution in [0.15, 0.2) is 30.3 Å². The Labute approximate surface area is 83.6 Å². The molecule has 1 N–H and O–H groups in total. The molecule has 0 unspecified atom stereocenters. The molecule has 1 aromatic carbocycles. The quantitative estimate of drug-likeness (QED) is 0.767. The molecule has 0 bridgehead atoms. The van der Waals surface area contributed by atoms with Gasteiger partial charge in [-0.05, 0) is 18.4 Å². The van der Waals surface area contributed by atoms with Gasteiger partial charge in [0.05, 0.1) is 6.61 Å². The van der Waals surface area contributed by atoms with Crippen LogP contribution in [0.1, 0.15) is 25.3 Å². The van der Waals surface area contributed by atoms with Gasteiger partial charge < -0.3 is 5.11 Å². The molecule has 0 amide bonds. The molecule has 0 spiro atoms. The van der Waals surface area contributed by atoms with Crippen LogP contribution in [0.5, 0.6) is 0 Å². The normalized spacial score (nSPS) is 36.5. The molecule has 1 aliphatic rings. The number of halogens is 1. The van der Waals surface area contributed by atoms with Crippen molar-refractivity contribution in [2.75, 3.05) is 6.61 Å². The summed E-state index contributed by atoms with van der Waals surface area (Å²) < 4.78 is 14.5. The van der Waals surface area contributed by atoms with E-state index < -0.39 is 11.1 Å². The average molecular weight is 194 g/mol. The van der Waals surface area contributed by atoms with E-state index in [0.29, 0.717) is 12.0 Å². The Morgan fingerprint density at radius 3 is 2.36 bits per heavy atom. The number of aliphatic hydroxyl groups is 1. The Bertz CT molecular complexity index is 320.